The molecule has 0 saturated carbocycles. The molecule has 3 rings (SSSR count). The summed E-state index contributed by atoms with van der Waals surface area (Å²) < 4.78 is 29.4. The number of carbonyl (C=O) groups excluding carboxylic acids is 1. The van der Waals surface area contributed by atoms with Gasteiger partial charge < -0.3 is 4.74 Å². The standard InChI is InChI=1S/C17H19NO2/c19-17(7-8-18-9-11-20-12-10-18)16-6-5-14-3-1-2-4-15(14)13-16/h1-6,13H,7-12H2/i8D2,9D. The van der Waals surface area contributed by atoms with E-state index in [0.717, 1.165) is 10.8 Å². The lowest BCUT2D eigenvalue weighted by Crippen LogP contribution is -2.37. The first-order valence-corrected chi connectivity index (χ1v) is 6.76. The van der Waals surface area contributed by atoms with Crippen molar-refractivity contribution in [2.75, 3.05) is 32.8 Å². The number of Topliss-reactive ketones (excluding diaryl/α,β-unsaturated/α-hetero) is 1. The Morgan fingerprint density at radius 2 is 2.10 bits per heavy atom. The largest absolute Gasteiger partial charge is 0.379 e. The molecular formula is C17H19NO2. The quantitative estimate of drug-likeness (QED) is 0.802. The number of fused-ring (bicyclic) bond motifs is 1. The maximum atomic E-state index is 12.5. The summed E-state index contributed by atoms with van der Waals surface area (Å²) in [7, 11) is 0. The highest BCUT2D eigenvalue weighted by atomic mass is 16.5. The van der Waals surface area contributed by atoms with Crippen molar-refractivity contribution in [1.82, 2.24) is 4.90 Å². The minimum atomic E-state index is -1.85. The van der Waals surface area contributed by atoms with Gasteiger partial charge in [0.05, 0.1) is 13.2 Å². The van der Waals surface area contributed by atoms with Crippen LogP contribution in [0.1, 0.15) is 20.9 Å². The van der Waals surface area contributed by atoms with Gasteiger partial charge in [0.1, 0.15) is 0 Å². The van der Waals surface area contributed by atoms with E-state index in [0.29, 0.717) is 18.7 Å². The second-order valence-corrected chi connectivity index (χ2v) is 4.77. The first-order chi connectivity index (χ1) is 11.0. The van der Waals surface area contributed by atoms with E-state index in [9.17, 15) is 4.79 Å². The number of rotatable bonds is 4. The van der Waals surface area contributed by atoms with E-state index in [1.165, 1.54) is 4.90 Å². The molecule has 104 valence electrons. The van der Waals surface area contributed by atoms with Crippen molar-refractivity contribution in [2.45, 2.75) is 6.42 Å². The van der Waals surface area contributed by atoms with E-state index in [2.05, 4.69) is 0 Å². The zero-order chi connectivity index (χ0) is 16.4. The summed E-state index contributed by atoms with van der Waals surface area (Å²) in [6.45, 7) is -1.74. The van der Waals surface area contributed by atoms with Crippen LogP contribution in [0, 0.1) is 0 Å². The molecule has 3 heteroatoms. The summed E-state index contributed by atoms with van der Waals surface area (Å²) in [5.74, 6) is -0.251. The number of benzene rings is 2. The molecule has 1 saturated heterocycles. The summed E-state index contributed by atoms with van der Waals surface area (Å²) in [5.41, 5.74) is 0.502. The molecule has 2 aromatic rings. The summed E-state index contributed by atoms with van der Waals surface area (Å²) in [5, 5.41) is 2.01. The monoisotopic (exact) mass is 272 g/mol. The molecule has 0 spiro atoms. The maximum absolute atomic E-state index is 12.5. The number of ketones is 1. The van der Waals surface area contributed by atoms with Gasteiger partial charge in [0.25, 0.3) is 0 Å². The van der Waals surface area contributed by atoms with Crippen molar-refractivity contribution < 1.29 is 13.6 Å². The normalized spacial score (nSPS) is 23.0. The molecule has 1 atom stereocenters. The van der Waals surface area contributed by atoms with Crippen LogP contribution in [0.25, 0.3) is 10.8 Å². The molecule has 1 fully saturated rings. The lowest BCUT2D eigenvalue weighted by atomic mass is 10.0. The predicted molar refractivity (Wildman–Crippen MR) is 80.2 cm³/mol. The highest BCUT2D eigenvalue weighted by molar-refractivity contribution is 6.00. The molecule has 0 bridgehead atoms. The van der Waals surface area contributed by atoms with Gasteiger partial charge in [-0.05, 0) is 16.8 Å². The van der Waals surface area contributed by atoms with Gasteiger partial charge in [-0.3, -0.25) is 9.69 Å². The summed E-state index contributed by atoms with van der Waals surface area (Å²) in [6, 6.07) is 13.2. The predicted octanol–water partition coefficient (Wildman–Crippen LogP) is 2.74. The van der Waals surface area contributed by atoms with Crippen molar-refractivity contribution in [2.24, 2.45) is 0 Å². The van der Waals surface area contributed by atoms with Crippen LogP contribution < -0.4 is 0 Å². The van der Waals surface area contributed by atoms with Gasteiger partial charge >= 0.3 is 0 Å². The Morgan fingerprint density at radius 1 is 1.25 bits per heavy atom. The topological polar surface area (TPSA) is 29.5 Å². The molecule has 1 aliphatic rings. The molecular weight excluding hydrogens is 250 g/mol. The number of carbonyl (C=O) groups is 1. The molecule has 1 unspecified atom stereocenters. The van der Waals surface area contributed by atoms with Crippen LogP contribution >= 0.6 is 0 Å². The molecule has 1 aliphatic heterocycles. The van der Waals surface area contributed by atoms with Crippen molar-refractivity contribution >= 4 is 16.6 Å². The van der Waals surface area contributed by atoms with E-state index < -0.39 is 13.0 Å². The maximum Gasteiger partial charge on any atom is 0.164 e. The van der Waals surface area contributed by atoms with Gasteiger partial charge in [0.15, 0.2) is 5.78 Å². The fraction of sp³-hybridized carbons (Fsp3) is 0.353. The highest BCUT2D eigenvalue weighted by Crippen LogP contribution is 2.16. The van der Waals surface area contributed by atoms with Crippen molar-refractivity contribution in [3.05, 3.63) is 48.0 Å². The summed E-state index contributed by atoms with van der Waals surface area (Å²) in [4.78, 5) is 13.9. The Bertz CT molecular complexity index is 720. The van der Waals surface area contributed by atoms with Gasteiger partial charge in [-0.1, -0.05) is 36.4 Å². The van der Waals surface area contributed by atoms with Gasteiger partial charge in [-0.25, -0.2) is 0 Å². The van der Waals surface area contributed by atoms with Crippen LogP contribution in [0.15, 0.2) is 42.5 Å². The number of hydrogen-bond acceptors (Lipinski definition) is 3. The van der Waals surface area contributed by atoms with E-state index in [4.69, 9.17) is 8.85 Å². The summed E-state index contributed by atoms with van der Waals surface area (Å²) >= 11 is 0. The number of hydrogen-bond donors (Lipinski definition) is 0. The molecule has 20 heavy (non-hydrogen) atoms. The third kappa shape index (κ3) is 3.06. The average Bonchev–Trinajstić information content (AvgIpc) is 2.54. The lowest BCUT2D eigenvalue weighted by Gasteiger charge is -2.26. The minimum absolute atomic E-state index is 0.170. The number of nitrogens with zero attached hydrogens (tertiary/aromatic N) is 1. The Labute approximate surface area is 123 Å². The molecule has 0 aromatic heterocycles. The SMILES string of the molecule is [2H]C1COCCN1C([2H])([2H])CC(=O)c1ccc2ccccc2c1. The molecule has 0 amide bonds. The van der Waals surface area contributed by atoms with Gasteiger partial charge in [0.2, 0.25) is 0 Å². The van der Waals surface area contributed by atoms with Crippen LogP contribution in [-0.4, -0.2) is 43.5 Å². The number of morpholine rings is 1. The smallest absolute Gasteiger partial charge is 0.164 e. The van der Waals surface area contributed by atoms with Crippen molar-refractivity contribution in [3.63, 3.8) is 0 Å². The van der Waals surface area contributed by atoms with Crippen LogP contribution in [0.5, 0.6) is 0 Å². The first-order valence-electron chi connectivity index (χ1n) is 8.34. The highest BCUT2D eigenvalue weighted by Gasteiger charge is 2.13. The van der Waals surface area contributed by atoms with E-state index in [1.54, 1.807) is 12.1 Å². The Hall–Kier alpha value is -1.71. The Kier molecular flexibility index (Phi) is 3.11. The van der Waals surface area contributed by atoms with Crippen LogP contribution in [0.4, 0.5) is 0 Å². The first kappa shape index (κ1) is 10.1. The zero-order valence-electron chi connectivity index (χ0n) is 14.2. The van der Waals surface area contributed by atoms with Crippen LogP contribution in [-0.2, 0) is 4.74 Å². The second-order valence-electron chi connectivity index (χ2n) is 4.77. The molecule has 3 nitrogen and oxygen atoms in total. The average molecular weight is 272 g/mol. The Balaban J connectivity index is 1.78. The van der Waals surface area contributed by atoms with E-state index >= 15 is 0 Å². The van der Waals surface area contributed by atoms with Crippen molar-refractivity contribution in [1.29, 1.82) is 0 Å². The summed E-state index contributed by atoms with van der Waals surface area (Å²) in [6.07, 6.45) is -0.263. The van der Waals surface area contributed by atoms with Gasteiger partial charge in [0, 0.05) is 35.7 Å². The number of ether oxygens (including phenoxy) is 1. The van der Waals surface area contributed by atoms with E-state index in [-0.39, 0.29) is 18.8 Å². The zero-order valence-corrected chi connectivity index (χ0v) is 11.2. The molecule has 0 aliphatic carbocycles. The van der Waals surface area contributed by atoms with Gasteiger partial charge in [-0.2, -0.15) is 0 Å². The Morgan fingerprint density at radius 3 is 2.95 bits per heavy atom. The molecule has 0 N–H and O–H groups in total. The second kappa shape index (κ2) is 6.16. The van der Waals surface area contributed by atoms with E-state index in [1.807, 2.05) is 30.3 Å². The molecule has 1 heterocycles. The molecule has 2 aromatic carbocycles. The fourth-order valence-corrected chi connectivity index (χ4v) is 2.26. The van der Waals surface area contributed by atoms with Gasteiger partial charge in [-0.15, -0.1) is 0 Å². The molecule has 0 radical (unpaired) electrons. The lowest BCUT2D eigenvalue weighted by molar-refractivity contribution is 0.0370. The minimum Gasteiger partial charge on any atom is -0.379 e. The third-order valence-corrected chi connectivity index (χ3v) is 3.40. The third-order valence-electron chi connectivity index (χ3n) is 3.40. The van der Waals surface area contributed by atoms with Crippen LogP contribution in [0.2, 0.25) is 0 Å². The van der Waals surface area contributed by atoms with Crippen LogP contribution in [0.3, 0.4) is 0 Å². The fourth-order valence-electron chi connectivity index (χ4n) is 2.26. The van der Waals surface area contributed by atoms with Crippen molar-refractivity contribution in [3.8, 4) is 0 Å².